The Labute approximate surface area is 112 Å². The number of para-hydroxylation sites is 1. The van der Waals surface area contributed by atoms with Gasteiger partial charge in [-0.15, -0.1) is 0 Å². The Balaban J connectivity index is 1.98. The fourth-order valence-corrected chi connectivity index (χ4v) is 2.62. The second-order valence-corrected chi connectivity index (χ2v) is 4.83. The van der Waals surface area contributed by atoms with E-state index in [0.717, 1.165) is 30.9 Å². The number of rotatable bonds is 3. The number of hydrogen-bond acceptors (Lipinski definition) is 2. The minimum atomic E-state index is -0.193. The van der Waals surface area contributed by atoms with Crippen LogP contribution in [-0.2, 0) is 0 Å². The summed E-state index contributed by atoms with van der Waals surface area (Å²) in [6.45, 7) is 2.00. The van der Waals surface area contributed by atoms with Crippen LogP contribution in [0, 0.1) is 5.82 Å². The molecule has 19 heavy (non-hydrogen) atoms. The third-order valence-electron chi connectivity index (χ3n) is 3.54. The second-order valence-electron chi connectivity index (χ2n) is 4.83. The highest BCUT2D eigenvalue weighted by Gasteiger charge is 2.23. The van der Waals surface area contributed by atoms with E-state index in [1.165, 1.54) is 12.1 Å². The maximum absolute atomic E-state index is 13.1. The summed E-state index contributed by atoms with van der Waals surface area (Å²) in [7, 11) is 0. The van der Waals surface area contributed by atoms with Crippen LogP contribution in [0.1, 0.15) is 6.42 Å². The van der Waals surface area contributed by atoms with E-state index in [1.807, 2.05) is 30.3 Å². The van der Waals surface area contributed by atoms with E-state index >= 15 is 0 Å². The Bertz CT molecular complexity index is 518. The summed E-state index contributed by atoms with van der Waals surface area (Å²) in [5.74, 6) is -0.193. The number of anilines is 2. The van der Waals surface area contributed by atoms with Gasteiger partial charge in [0, 0.05) is 24.0 Å². The average Bonchev–Trinajstić information content (AvgIpc) is 2.96. The van der Waals surface area contributed by atoms with Gasteiger partial charge in [-0.25, -0.2) is 4.39 Å². The van der Waals surface area contributed by atoms with Crippen LogP contribution in [0.3, 0.4) is 0 Å². The van der Waals surface area contributed by atoms with Gasteiger partial charge in [0.25, 0.3) is 0 Å². The molecule has 3 heteroatoms. The summed E-state index contributed by atoms with van der Waals surface area (Å²) in [6, 6.07) is 17.4. The Morgan fingerprint density at radius 1 is 0.947 bits per heavy atom. The van der Waals surface area contributed by atoms with Gasteiger partial charge in [0.15, 0.2) is 0 Å². The van der Waals surface area contributed by atoms with E-state index in [-0.39, 0.29) is 5.82 Å². The molecule has 98 valence electrons. The molecule has 1 heterocycles. The zero-order chi connectivity index (χ0) is 13.1. The monoisotopic (exact) mass is 256 g/mol. The van der Waals surface area contributed by atoms with Gasteiger partial charge in [-0.1, -0.05) is 18.2 Å². The van der Waals surface area contributed by atoms with Crippen LogP contribution in [-0.4, -0.2) is 19.1 Å². The lowest BCUT2D eigenvalue weighted by molar-refractivity contribution is 0.627. The normalized spacial score (nSPS) is 18.5. The summed E-state index contributed by atoms with van der Waals surface area (Å²) < 4.78 is 13.1. The molecule has 2 aromatic rings. The van der Waals surface area contributed by atoms with E-state index in [2.05, 4.69) is 22.3 Å². The molecule has 0 bridgehead atoms. The van der Waals surface area contributed by atoms with E-state index in [4.69, 9.17) is 0 Å². The molecule has 1 N–H and O–H groups in total. The van der Waals surface area contributed by atoms with Gasteiger partial charge in [-0.2, -0.15) is 0 Å². The van der Waals surface area contributed by atoms with Gasteiger partial charge in [-0.3, -0.25) is 0 Å². The molecular weight excluding hydrogens is 239 g/mol. The zero-order valence-electron chi connectivity index (χ0n) is 10.7. The average molecular weight is 256 g/mol. The number of nitrogens with one attached hydrogen (secondary N) is 1. The lowest BCUT2D eigenvalue weighted by atomic mass is 10.1. The molecule has 1 aliphatic rings. The lowest BCUT2D eigenvalue weighted by Gasteiger charge is -2.30. The van der Waals surface area contributed by atoms with E-state index < -0.39 is 0 Å². The maximum atomic E-state index is 13.1. The summed E-state index contributed by atoms with van der Waals surface area (Å²) in [4.78, 5) is 2.29. The number of hydrogen-bond donors (Lipinski definition) is 1. The van der Waals surface area contributed by atoms with E-state index in [1.54, 1.807) is 0 Å². The number of benzene rings is 2. The van der Waals surface area contributed by atoms with Gasteiger partial charge < -0.3 is 10.2 Å². The molecule has 1 atom stereocenters. The van der Waals surface area contributed by atoms with Crippen LogP contribution >= 0.6 is 0 Å². The third-order valence-corrected chi connectivity index (χ3v) is 3.54. The molecule has 0 aromatic heterocycles. The zero-order valence-corrected chi connectivity index (χ0v) is 10.7. The smallest absolute Gasteiger partial charge is 0.123 e. The molecule has 0 aliphatic carbocycles. The highest BCUT2D eigenvalue weighted by atomic mass is 19.1. The van der Waals surface area contributed by atoms with Crippen molar-refractivity contribution in [3.8, 4) is 0 Å². The summed E-state index contributed by atoms with van der Waals surface area (Å²) >= 11 is 0. The second kappa shape index (κ2) is 5.41. The standard InChI is InChI=1S/C16H17FN2/c17-13-6-8-15(9-7-13)19(16-10-11-18-12-16)14-4-2-1-3-5-14/h1-9,16,18H,10-12H2. The maximum Gasteiger partial charge on any atom is 0.123 e. The van der Waals surface area contributed by atoms with Gasteiger partial charge in [0.1, 0.15) is 5.82 Å². The van der Waals surface area contributed by atoms with Gasteiger partial charge >= 0.3 is 0 Å². The van der Waals surface area contributed by atoms with Gasteiger partial charge in [-0.05, 0) is 49.4 Å². The van der Waals surface area contributed by atoms with Crippen LogP contribution < -0.4 is 10.2 Å². The first-order chi connectivity index (χ1) is 9.34. The van der Waals surface area contributed by atoms with Crippen molar-refractivity contribution in [3.05, 3.63) is 60.4 Å². The molecular formula is C16H17FN2. The number of halogens is 1. The highest BCUT2D eigenvalue weighted by molar-refractivity contribution is 5.64. The SMILES string of the molecule is Fc1ccc(N(c2ccccc2)C2CCNC2)cc1. The van der Waals surface area contributed by atoms with Crippen molar-refractivity contribution in [2.75, 3.05) is 18.0 Å². The minimum Gasteiger partial charge on any atom is -0.337 e. The molecule has 1 fully saturated rings. The predicted octanol–water partition coefficient (Wildman–Crippen LogP) is 3.33. The lowest BCUT2D eigenvalue weighted by Crippen LogP contribution is -2.32. The first-order valence-electron chi connectivity index (χ1n) is 6.65. The van der Waals surface area contributed by atoms with Crippen molar-refractivity contribution in [3.63, 3.8) is 0 Å². The van der Waals surface area contributed by atoms with Crippen LogP contribution in [0.4, 0.5) is 15.8 Å². The Kier molecular flexibility index (Phi) is 3.47. The fraction of sp³-hybridized carbons (Fsp3) is 0.250. The largest absolute Gasteiger partial charge is 0.337 e. The molecule has 0 amide bonds. The fourth-order valence-electron chi connectivity index (χ4n) is 2.62. The highest BCUT2D eigenvalue weighted by Crippen LogP contribution is 2.29. The summed E-state index contributed by atoms with van der Waals surface area (Å²) in [5.41, 5.74) is 2.20. The van der Waals surface area contributed by atoms with Crippen molar-refractivity contribution in [1.82, 2.24) is 5.32 Å². The molecule has 2 nitrogen and oxygen atoms in total. The predicted molar refractivity (Wildman–Crippen MR) is 76.3 cm³/mol. The van der Waals surface area contributed by atoms with E-state index in [9.17, 15) is 4.39 Å². The molecule has 1 unspecified atom stereocenters. The minimum absolute atomic E-state index is 0.193. The quantitative estimate of drug-likeness (QED) is 0.906. The van der Waals surface area contributed by atoms with Gasteiger partial charge in [0.2, 0.25) is 0 Å². The Morgan fingerprint density at radius 3 is 2.26 bits per heavy atom. The number of nitrogens with zero attached hydrogens (tertiary/aromatic N) is 1. The summed E-state index contributed by atoms with van der Waals surface area (Å²) in [6.07, 6.45) is 1.10. The van der Waals surface area contributed by atoms with E-state index in [0.29, 0.717) is 6.04 Å². The molecule has 0 radical (unpaired) electrons. The van der Waals surface area contributed by atoms with Crippen molar-refractivity contribution >= 4 is 11.4 Å². The van der Waals surface area contributed by atoms with Crippen molar-refractivity contribution < 1.29 is 4.39 Å². The molecule has 2 aromatic carbocycles. The first kappa shape index (κ1) is 12.2. The van der Waals surface area contributed by atoms with Crippen molar-refractivity contribution in [2.45, 2.75) is 12.5 Å². The third kappa shape index (κ3) is 2.61. The van der Waals surface area contributed by atoms with Crippen molar-refractivity contribution in [1.29, 1.82) is 0 Å². The summed E-state index contributed by atoms with van der Waals surface area (Å²) in [5, 5.41) is 3.39. The van der Waals surface area contributed by atoms with Gasteiger partial charge in [0.05, 0.1) is 0 Å². The molecule has 1 saturated heterocycles. The molecule has 0 saturated carbocycles. The topological polar surface area (TPSA) is 15.3 Å². The van der Waals surface area contributed by atoms with Crippen LogP contribution in [0.15, 0.2) is 54.6 Å². The molecule has 1 aliphatic heterocycles. The molecule has 0 spiro atoms. The van der Waals surface area contributed by atoms with Crippen molar-refractivity contribution in [2.24, 2.45) is 0 Å². The molecule has 3 rings (SSSR count). The first-order valence-corrected chi connectivity index (χ1v) is 6.65. The Hall–Kier alpha value is -1.87. The van der Waals surface area contributed by atoms with Crippen LogP contribution in [0.25, 0.3) is 0 Å². The van der Waals surface area contributed by atoms with Crippen LogP contribution in [0.2, 0.25) is 0 Å². The van der Waals surface area contributed by atoms with Crippen LogP contribution in [0.5, 0.6) is 0 Å². The Morgan fingerprint density at radius 2 is 1.63 bits per heavy atom.